The third-order valence-corrected chi connectivity index (χ3v) is 4.05. The molecule has 3 nitrogen and oxygen atoms in total. The number of amides is 1. The minimum absolute atomic E-state index is 0.00149. The molecule has 4 heteroatoms. The summed E-state index contributed by atoms with van der Waals surface area (Å²) in [5, 5.41) is 5.18. The molecule has 1 N–H and O–H groups in total. The third kappa shape index (κ3) is 3.77. The Balaban J connectivity index is 1.89. The topological polar surface area (TPSA) is 38.3 Å². The van der Waals surface area contributed by atoms with E-state index in [1.807, 2.05) is 62.4 Å². The summed E-state index contributed by atoms with van der Waals surface area (Å²) in [6, 6.07) is 19.4. The van der Waals surface area contributed by atoms with E-state index in [-0.39, 0.29) is 12.0 Å². The molecule has 122 valence electrons. The Labute approximate surface area is 149 Å². The molecule has 1 amide bonds. The molecule has 24 heavy (non-hydrogen) atoms. The van der Waals surface area contributed by atoms with Gasteiger partial charge >= 0.3 is 0 Å². The maximum absolute atomic E-state index is 12.7. The first-order chi connectivity index (χ1) is 11.5. The van der Waals surface area contributed by atoms with E-state index in [4.69, 9.17) is 4.74 Å². The summed E-state index contributed by atoms with van der Waals surface area (Å²) >= 11 is 3.41. The predicted molar refractivity (Wildman–Crippen MR) is 102 cm³/mol. The Morgan fingerprint density at radius 1 is 1.00 bits per heavy atom. The van der Waals surface area contributed by atoms with Gasteiger partial charge in [-0.3, -0.25) is 4.79 Å². The van der Waals surface area contributed by atoms with Crippen molar-refractivity contribution in [3.05, 3.63) is 70.7 Å². The second-order valence-corrected chi connectivity index (χ2v) is 6.74. The summed E-state index contributed by atoms with van der Waals surface area (Å²) in [4.78, 5) is 12.7. The van der Waals surface area contributed by atoms with Gasteiger partial charge in [-0.2, -0.15) is 0 Å². The van der Waals surface area contributed by atoms with Crippen LogP contribution in [0.3, 0.4) is 0 Å². The standard InChI is InChI=1S/C20H18BrNO2/c1-13(2)24-19-10-8-16(21)12-18(19)20(23)22-17-9-7-14-5-3-4-6-15(14)11-17/h3-13H,1-2H3,(H,22,23). The Kier molecular flexibility index (Phi) is 4.86. The van der Waals surface area contributed by atoms with Crippen LogP contribution in [-0.2, 0) is 0 Å². The van der Waals surface area contributed by atoms with Gasteiger partial charge in [0, 0.05) is 10.2 Å². The lowest BCUT2D eigenvalue weighted by Crippen LogP contribution is -2.15. The summed E-state index contributed by atoms with van der Waals surface area (Å²) in [5.74, 6) is 0.383. The number of carbonyl (C=O) groups excluding carboxylic acids is 1. The number of anilines is 1. The Hall–Kier alpha value is -2.33. The monoisotopic (exact) mass is 383 g/mol. The summed E-state index contributed by atoms with van der Waals surface area (Å²) < 4.78 is 6.58. The highest BCUT2D eigenvalue weighted by atomic mass is 79.9. The van der Waals surface area contributed by atoms with Crippen LogP contribution in [0.4, 0.5) is 5.69 Å². The van der Waals surface area contributed by atoms with Gasteiger partial charge in [0.15, 0.2) is 0 Å². The molecular formula is C20H18BrNO2. The van der Waals surface area contributed by atoms with Crippen LogP contribution in [0, 0.1) is 0 Å². The Morgan fingerprint density at radius 2 is 1.75 bits per heavy atom. The Bertz CT molecular complexity index is 890. The van der Waals surface area contributed by atoms with Gasteiger partial charge in [0.2, 0.25) is 0 Å². The van der Waals surface area contributed by atoms with E-state index in [1.165, 1.54) is 0 Å². The fraction of sp³-hybridized carbons (Fsp3) is 0.150. The highest BCUT2D eigenvalue weighted by Crippen LogP contribution is 2.26. The lowest BCUT2D eigenvalue weighted by atomic mass is 10.1. The number of halogens is 1. The maximum atomic E-state index is 12.7. The Morgan fingerprint density at radius 3 is 2.50 bits per heavy atom. The van der Waals surface area contributed by atoms with E-state index >= 15 is 0 Å². The maximum Gasteiger partial charge on any atom is 0.259 e. The average molecular weight is 384 g/mol. The number of rotatable bonds is 4. The minimum Gasteiger partial charge on any atom is -0.490 e. The molecule has 0 saturated heterocycles. The molecule has 0 spiro atoms. The van der Waals surface area contributed by atoms with Crippen LogP contribution in [-0.4, -0.2) is 12.0 Å². The van der Waals surface area contributed by atoms with Crippen molar-refractivity contribution in [2.24, 2.45) is 0 Å². The zero-order valence-electron chi connectivity index (χ0n) is 13.5. The fourth-order valence-corrected chi connectivity index (χ4v) is 2.86. The van der Waals surface area contributed by atoms with Crippen LogP contribution in [0.1, 0.15) is 24.2 Å². The van der Waals surface area contributed by atoms with Gasteiger partial charge in [-0.1, -0.05) is 46.3 Å². The highest BCUT2D eigenvalue weighted by Gasteiger charge is 2.15. The number of fused-ring (bicyclic) bond motifs is 1. The van der Waals surface area contributed by atoms with E-state index < -0.39 is 0 Å². The normalized spacial score (nSPS) is 10.8. The summed E-state index contributed by atoms with van der Waals surface area (Å²) in [6.07, 6.45) is -0.00149. The number of ether oxygens (including phenoxy) is 1. The number of carbonyl (C=O) groups is 1. The van der Waals surface area contributed by atoms with E-state index in [2.05, 4.69) is 21.2 Å². The predicted octanol–water partition coefficient (Wildman–Crippen LogP) is 5.64. The number of hydrogen-bond donors (Lipinski definition) is 1. The molecule has 0 aliphatic carbocycles. The first-order valence-electron chi connectivity index (χ1n) is 7.79. The number of benzene rings is 3. The SMILES string of the molecule is CC(C)Oc1ccc(Br)cc1C(=O)Nc1ccc2ccccc2c1. The molecule has 0 heterocycles. The summed E-state index contributed by atoms with van der Waals surface area (Å²) in [7, 11) is 0. The van der Waals surface area contributed by atoms with Crippen molar-refractivity contribution in [3.63, 3.8) is 0 Å². The van der Waals surface area contributed by atoms with Crippen molar-refractivity contribution in [2.45, 2.75) is 20.0 Å². The van der Waals surface area contributed by atoms with Crippen LogP contribution in [0.25, 0.3) is 10.8 Å². The fourth-order valence-electron chi connectivity index (χ4n) is 2.50. The summed E-state index contributed by atoms with van der Waals surface area (Å²) in [6.45, 7) is 3.88. The molecule has 3 aromatic carbocycles. The molecule has 0 aliphatic rings. The van der Waals surface area contributed by atoms with Gasteiger partial charge < -0.3 is 10.1 Å². The minimum atomic E-state index is -0.192. The lowest BCUT2D eigenvalue weighted by molar-refractivity contribution is 0.102. The van der Waals surface area contributed by atoms with Crippen molar-refractivity contribution < 1.29 is 9.53 Å². The molecule has 0 atom stereocenters. The quantitative estimate of drug-likeness (QED) is 0.632. The molecule has 3 rings (SSSR count). The molecule has 0 aromatic heterocycles. The lowest BCUT2D eigenvalue weighted by Gasteiger charge is -2.15. The zero-order chi connectivity index (χ0) is 17.1. The first kappa shape index (κ1) is 16.5. The molecule has 0 fully saturated rings. The van der Waals surface area contributed by atoms with Gasteiger partial charge in [0.25, 0.3) is 5.91 Å². The van der Waals surface area contributed by atoms with Crippen molar-refractivity contribution in [2.75, 3.05) is 5.32 Å². The molecule has 3 aromatic rings. The molecule has 0 aliphatic heterocycles. The second kappa shape index (κ2) is 7.05. The van der Waals surface area contributed by atoms with Gasteiger partial charge in [-0.25, -0.2) is 0 Å². The van der Waals surface area contributed by atoms with Crippen LogP contribution in [0.2, 0.25) is 0 Å². The summed E-state index contributed by atoms with van der Waals surface area (Å²) in [5.41, 5.74) is 1.26. The van der Waals surface area contributed by atoms with Gasteiger partial charge in [0.05, 0.1) is 11.7 Å². The highest BCUT2D eigenvalue weighted by molar-refractivity contribution is 9.10. The van der Waals surface area contributed by atoms with Crippen LogP contribution in [0.5, 0.6) is 5.75 Å². The third-order valence-electron chi connectivity index (χ3n) is 3.56. The molecule has 0 saturated carbocycles. The van der Waals surface area contributed by atoms with Crippen LogP contribution in [0.15, 0.2) is 65.1 Å². The van der Waals surface area contributed by atoms with Crippen molar-refractivity contribution in [1.82, 2.24) is 0 Å². The largest absolute Gasteiger partial charge is 0.490 e. The number of nitrogens with one attached hydrogen (secondary N) is 1. The van der Waals surface area contributed by atoms with E-state index in [0.717, 1.165) is 20.9 Å². The van der Waals surface area contributed by atoms with Crippen LogP contribution < -0.4 is 10.1 Å². The van der Waals surface area contributed by atoms with Gasteiger partial charge in [-0.05, 0) is 55.0 Å². The van der Waals surface area contributed by atoms with Crippen molar-refractivity contribution in [3.8, 4) is 5.75 Å². The average Bonchev–Trinajstić information content (AvgIpc) is 2.56. The van der Waals surface area contributed by atoms with Gasteiger partial charge in [0.1, 0.15) is 5.75 Å². The first-order valence-corrected chi connectivity index (χ1v) is 8.58. The van der Waals surface area contributed by atoms with E-state index in [0.29, 0.717) is 11.3 Å². The molecule has 0 bridgehead atoms. The number of hydrogen-bond acceptors (Lipinski definition) is 2. The smallest absolute Gasteiger partial charge is 0.259 e. The van der Waals surface area contributed by atoms with Crippen molar-refractivity contribution in [1.29, 1.82) is 0 Å². The van der Waals surface area contributed by atoms with Crippen molar-refractivity contribution >= 4 is 38.3 Å². The molecular weight excluding hydrogens is 366 g/mol. The second-order valence-electron chi connectivity index (χ2n) is 5.82. The van der Waals surface area contributed by atoms with E-state index in [1.54, 1.807) is 12.1 Å². The zero-order valence-corrected chi connectivity index (χ0v) is 15.1. The van der Waals surface area contributed by atoms with E-state index in [9.17, 15) is 4.79 Å². The molecule has 0 unspecified atom stereocenters. The van der Waals surface area contributed by atoms with Crippen LogP contribution >= 0.6 is 15.9 Å². The van der Waals surface area contributed by atoms with Gasteiger partial charge in [-0.15, -0.1) is 0 Å². The molecule has 0 radical (unpaired) electrons.